The third kappa shape index (κ3) is 4.19. The molecule has 0 atom stereocenters. The third-order valence-electron chi connectivity index (χ3n) is 4.95. The highest BCUT2D eigenvalue weighted by atomic mass is 32.2. The first-order valence-electron chi connectivity index (χ1n) is 8.92. The Kier molecular flexibility index (Phi) is 6.21. The van der Waals surface area contributed by atoms with Gasteiger partial charge in [-0.3, -0.25) is 4.79 Å². The zero-order valence-electron chi connectivity index (χ0n) is 16.0. The number of carbonyl (C=O) groups excluding carboxylic acids is 2. The number of aromatic nitrogens is 3. The highest BCUT2D eigenvalue weighted by molar-refractivity contribution is 7.99. The van der Waals surface area contributed by atoms with Crippen LogP contribution in [0, 0.1) is 13.8 Å². The highest BCUT2D eigenvalue weighted by Gasteiger charge is 2.24. The van der Waals surface area contributed by atoms with Gasteiger partial charge in [0.2, 0.25) is 5.91 Å². The van der Waals surface area contributed by atoms with E-state index >= 15 is 0 Å². The highest BCUT2D eigenvalue weighted by Crippen LogP contribution is 2.35. The molecule has 3 rings (SSSR count). The maximum atomic E-state index is 12.4. The number of aryl methyl sites for hydroxylation is 1. The van der Waals surface area contributed by atoms with Gasteiger partial charge in [-0.15, -0.1) is 21.5 Å². The van der Waals surface area contributed by atoms with Crippen molar-refractivity contribution in [1.82, 2.24) is 14.8 Å². The molecular formula is C18H24N4O3S2. The molecule has 146 valence electrons. The van der Waals surface area contributed by atoms with Crippen molar-refractivity contribution in [3.8, 4) is 0 Å². The van der Waals surface area contributed by atoms with E-state index in [1.807, 2.05) is 25.5 Å². The molecule has 2 heterocycles. The normalized spacial score (nSPS) is 14.5. The molecule has 0 unspecified atom stereocenters. The molecule has 9 heteroatoms. The second kappa shape index (κ2) is 8.43. The fraction of sp³-hybridized carbons (Fsp3) is 0.556. The number of methoxy groups -OCH3 is 1. The second-order valence-electron chi connectivity index (χ2n) is 6.70. The van der Waals surface area contributed by atoms with Crippen LogP contribution in [0.5, 0.6) is 0 Å². The van der Waals surface area contributed by atoms with Gasteiger partial charge in [0.15, 0.2) is 5.16 Å². The molecule has 0 bridgehead atoms. The minimum atomic E-state index is -0.436. The van der Waals surface area contributed by atoms with Gasteiger partial charge in [0.25, 0.3) is 0 Å². The number of carbonyl (C=O) groups is 2. The van der Waals surface area contributed by atoms with Crippen molar-refractivity contribution in [2.75, 3.05) is 18.2 Å². The maximum absolute atomic E-state index is 12.4. The minimum absolute atomic E-state index is 0.184. The average molecular weight is 409 g/mol. The van der Waals surface area contributed by atoms with Crippen molar-refractivity contribution < 1.29 is 14.3 Å². The number of esters is 1. The van der Waals surface area contributed by atoms with Crippen molar-refractivity contribution in [2.24, 2.45) is 7.05 Å². The lowest BCUT2D eigenvalue weighted by molar-refractivity contribution is -0.113. The van der Waals surface area contributed by atoms with Crippen molar-refractivity contribution in [3.05, 3.63) is 21.8 Å². The molecule has 1 fully saturated rings. The summed E-state index contributed by atoms with van der Waals surface area (Å²) in [7, 11) is 3.29. The van der Waals surface area contributed by atoms with E-state index in [9.17, 15) is 9.59 Å². The van der Waals surface area contributed by atoms with Crippen LogP contribution in [0.4, 0.5) is 5.00 Å². The van der Waals surface area contributed by atoms with Crippen molar-refractivity contribution in [3.63, 3.8) is 0 Å². The Labute approximate surface area is 166 Å². The van der Waals surface area contributed by atoms with Crippen LogP contribution < -0.4 is 5.32 Å². The number of nitrogens with one attached hydrogen (secondary N) is 1. The van der Waals surface area contributed by atoms with E-state index in [4.69, 9.17) is 4.74 Å². The van der Waals surface area contributed by atoms with Gasteiger partial charge in [-0.05, 0) is 32.3 Å². The summed E-state index contributed by atoms with van der Waals surface area (Å²) in [6.45, 7) is 3.77. The molecule has 0 aromatic carbocycles. The summed E-state index contributed by atoms with van der Waals surface area (Å²) in [5.41, 5.74) is 1.27. The van der Waals surface area contributed by atoms with Gasteiger partial charge in [-0.25, -0.2) is 4.79 Å². The largest absolute Gasteiger partial charge is 0.465 e. The van der Waals surface area contributed by atoms with E-state index in [-0.39, 0.29) is 11.7 Å². The van der Waals surface area contributed by atoms with Crippen molar-refractivity contribution >= 4 is 40.0 Å². The molecule has 1 saturated carbocycles. The Hall–Kier alpha value is -1.87. The van der Waals surface area contributed by atoms with Crippen LogP contribution in [0.3, 0.4) is 0 Å². The predicted molar refractivity (Wildman–Crippen MR) is 107 cm³/mol. The Morgan fingerprint density at radius 2 is 2.00 bits per heavy atom. The SMILES string of the molecule is COC(=O)c1c(NC(=O)CSc2nnc(C3CCCC3)n2C)sc(C)c1C. The summed E-state index contributed by atoms with van der Waals surface area (Å²) in [6, 6.07) is 0. The summed E-state index contributed by atoms with van der Waals surface area (Å²) in [5.74, 6) is 1.07. The number of nitrogens with zero attached hydrogens (tertiary/aromatic N) is 3. The van der Waals surface area contributed by atoms with E-state index in [0.717, 1.165) is 34.3 Å². The van der Waals surface area contributed by atoms with E-state index in [1.54, 1.807) is 0 Å². The van der Waals surface area contributed by atoms with Gasteiger partial charge < -0.3 is 14.6 Å². The number of thiophene rings is 1. The Bertz CT molecular complexity index is 853. The van der Waals surface area contributed by atoms with Gasteiger partial charge >= 0.3 is 5.97 Å². The monoisotopic (exact) mass is 408 g/mol. The molecule has 7 nitrogen and oxygen atoms in total. The lowest BCUT2D eigenvalue weighted by Crippen LogP contribution is -2.16. The number of thioether (sulfide) groups is 1. The van der Waals surface area contributed by atoms with Crippen LogP contribution in [0.2, 0.25) is 0 Å². The van der Waals surface area contributed by atoms with Crippen LogP contribution in [0.25, 0.3) is 0 Å². The lowest BCUT2D eigenvalue weighted by atomic mass is 10.1. The lowest BCUT2D eigenvalue weighted by Gasteiger charge is -2.09. The summed E-state index contributed by atoms with van der Waals surface area (Å²) >= 11 is 2.73. The van der Waals surface area contributed by atoms with Crippen molar-refractivity contribution in [1.29, 1.82) is 0 Å². The van der Waals surface area contributed by atoms with Crippen LogP contribution in [-0.4, -0.2) is 39.5 Å². The molecular weight excluding hydrogens is 384 g/mol. The fourth-order valence-electron chi connectivity index (χ4n) is 3.35. The van der Waals surface area contributed by atoms with Crippen LogP contribution in [-0.2, 0) is 16.6 Å². The second-order valence-corrected chi connectivity index (χ2v) is 8.86. The molecule has 0 aliphatic heterocycles. The predicted octanol–water partition coefficient (Wildman–Crippen LogP) is 3.67. The Balaban J connectivity index is 1.64. The molecule has 0 radical (unpaired) electrons. The summed E-state index contributed by atoms with van der Waals surface area (Å²) in [4.78, 5) is 25.4. The Morgan fingerprint density at radius 1 is 1.30 bits per heavy atom. The molecule has 1 aliphatic carbocycles. The van der Waals surface area contributed by atoms with Gasteiger partial charge in [-0.1, -0.05) is 24.6 Å². The summed E-state index contributed by atoms with van der Waals surface area (Å²) in [6.07, 6.45) is 4.80. The van der Waals surface area contributed by atoms with E-state index in [1.165, 1.54) is 43.1 Å². The fourth-order valence-corrected chi connectivity index (χ4v) is 5.13. The third-order valence-corrected chi connectivity index (χ3v) is 7.09. The Morgan fingerprint density at radius 3 is 2.67 bits per heavy atom. The van der Waals surface area contributed by atoms with Gasteiger partial charge in [0, 0.05) is 17.8 Å². The van der Waals surface area contributed by atoms with Gasteiger partial charge in [0.1, 0.15) is 10.8 Å². The van der Waals surface area contributed by atoms with Crippen LogP contribution in [0.1, 0.15) is 58.2 Å². The molecule has 0 spiro atoms. The van der Waals surface area contributed by atoms with Crippen molar-refractivity contribution in [2.45, 2.75) is 50.6 Å². The summed E-state index contributed by atoms with van der Waals surface area (Å²) in [5, 5.41) is 12.7. The van der Waals surface area contributed by atoms with Gasteiger partial charge in [-0.2, -0.15) is 0 Å². The number of ether oxygens (including phenoxy) is 1. The van der Waals surface area contributed by atoms with E-state index < -0.39 is 5.97 Å². The molecule has 2 aromatic heterocycles. The first kappa shape index (κ1) is 19.9. The molecule has 1 amide bonds. The number of rotatable bonds is 6. The number of anilines is 1. The van der Waals surface area contributed by atoms with Crippen LogP contribution in [0.15, 0.2) is 5.16 Å². The maximum Gasteiger partial charge on any atom is 0.341 e. The standard InChI is InChI=1S/C18H24N4O3S2/c1-10-11(2)27-16(14(10)17(24)25-4)19-13(23)9-26-18-21-20-15(22(18)3)12-7-5-6-8-12/h12H,5-9H2,1-4H3,(H,19,23). The zero-order valence-corrected chi connectivity index (χ0v) is 17.6. The van der Waals surface area contributed by atoms with E-state index in [0.29, 0.717) is 16.5 Å². The smallest absolute Gasteiger partial charge is 0.341 e. The van der Waals surface area contributed by atoms with Gasteiger partial charge in [0.05, 0.1) is 18.4 Å². The molecule has 1 N–H and O–H groups in total. The molecule has 0 saturated heterocycles. The van der Waals surface area contributed by atoms with Crippen LogP contribution >= 0.6 is 23.1 Å². The average Bonchev–Trinajstić information content (AvgIpc) is 3.34. The molecule has 27 heavy (non-hydrogen) atoms. The molecule has 1 aliphatic rings. The molecule has 2 aromatic rings. The zero-order chi connectivity index (χ0) is 19.6. The number of hydrogen-bond acceptors (Lipinski definition) is 7. The number of amides is 1. The first-order valence-corrected chi connectivity index (χ1v) is 10.7. The first-order chi connectivity index (χ1) is 12.9. The number of hydrogen-bond donors (Lipinski definition) is 1. The van der Waals surface area contributed by atoms with E-state index in [2.05, 4.69) is 15.5 Å². The quantitative estimate of drug-likeness (QED) is 0.580. The minimum Gasteiger partial charge on any atom is -0.465 e. The summed E-state index contributed by atoms with van der Waals surface area (Å²) < 4.78 is 6.83. The topological polar surface area (TPSA) is 86.1 Å².